The first-order valence-electron chi connectivity index (χ1n) is 19.3. The normalized spacial score (nSPS) is 13.0. The van der Waals surface area contributed by atoms with E-state index in [1.54, 1.807) is 0 Å². The van der Waals surface area contributed by atoms with Crippen molar-refractivity contribution in [2.24, 2.45) is 0 Å². The summed E-state index contributed by atoms with van der Waals surface area (Å²) in [5, 5.41) is 3.36. The van der Waals surface area contributed by atoms with Crippen LogP contribution in [-0.4, -0.2) is 14.5 Å². The number of hydrogen-bond acceptors (Lipinski definition) is 2. The predicted molar refractivity (Wildman–Crippen MR) is 233 cm³/mol. The summed E-state index contributed by atoms with van der Waals surface area (Å²) in [5.74, 6) is 0.651. The zero-order valence-electron chi connectivity index (χ0n) is 31.2. The lowest BCUT2D eigenvalue weighted by Crippen LogP contribution is -2.14. The van der Waals surface area contributed by atoms with Gasteiger partial charge in [-0.3, -0.25) is 4.57 Å². The lowest BCUT2D eigenvalue weighted by molar-refractivity contribution is 0.660. The number of para-hydroxylation sites is 2. The molecule has 0 saturated carbocycles. The van der Waals surface area contributed by atoms with Gasteiger partial charge in [-0.05, 0) is 80.4 Å². The Bertz CT molecular complexity index is 3150. The molecule has 264 valence electrons. The zero-order valence-corrected chi connectivity index (χ0v) is 31.2. The highest BCUT2D eigenvalue weighted by molar-refractivity contribution is 6.14. The van der Waals surface area contributed by atoms with Gasteiger partial charge in [-0.1, -0.05) is 172 Å². The van der Waals surface area contributed by atoms with Crippen molar-refractivity contribution in [1.82, 2.24) is 14.5 Å². The number of rotatable bonds is 5. The fraction of sp³-hybridized carbons (Fsp3) is 0.0566. The maximum Gasteiger partial charge on any atom is 0.235 e. The molecular formula is C53H37N3. The Morgan fingerprint density at radius 3 is 1.86 bits per heavy atom. The summed E-state index contributed by atoms with van der Waals surface area (Å²) in [5.41, 5.74) is 17.5. The third kappa shape index (κ3) is 4.98. The lowest BCUT2D eigenvalue weighted by atomic mass is 9.82. The average molecular weight is 716 g/mol. The first-order valence-corrected chi connectivity index (χ1v) is 19.3. The summed E-state index contributed by atoms with van der Waals surface area (Å²) in [7, 11) is 0. The van der Waals surface area contributed by atoms with Crippen LogP contribution in [0.3, 0.4) is 0 Å². The number of hydrogen-bond donors (Lipinski definition) is 0. The summed E-state index contributed by atoms with van der Waals surface area (Å²) in [4.78, 5) is 10.7. The topological polar surface area (TPSA) is 30.7 Å². The van der Waals surface area contributed by atoms with E-state index in [0.717, 1.165) is 55.1 Å². The van der Waals surface area contributed by atoms with Gasteiger partial charge in [0, 0.05) is 32.7 Å². The van der Waals surface area contributed by atoms with E-state index in [-0.39, 0.29) is 5.41 Å². The zero-order chi connectivity index (χ0) is 37.4. The van der Waals surface area contributed by atoms with E-state index in [2.05, 4.69) is 200 Å². The predicted octanol–water partition coefficient (Wildman–Crippen LogP) is 13.7. The van der Waals surface area contributed by atoms with Crippen LogP contribution in [-0.2, 0) is 5.41 Å². The Morgan fingerprint density at radius 2 is 1.00 bits per heavy atom. The van der Waals surface area contributed by atoms with E-state index in [4.69, 9.17) is 9.97 Å². The van der Waals surface area contributed by atoms with Crippen LogP contribution in [0.15, 0.2) is 188 Å². The van der Waals surface area contributed by atoms with Crippen LogP contribution >= 0.6 is 0 Å². The molecule has 1 aliphatic rings. The SMILES string of the molecule is CC1(C)c2ccccc2-c2cc(-c3cccc(-c4cccc5c6cc(-c7ccccc7)ccc6n(-c6nc(-c7ccccc7)c7ccccc7n6)c45)c3)ccc21. The van der Waals surface area contributed by atoms with Crippen LogP contribution < -0.4 is 0 Å². The molecule has 0 atom stereocenters. The maximum absolute atomic E-state index is 5.41. The van der Waals surface area contributed by atoms with Crippen molar-refractivity contribution in [3.05, 3.63) is 199 Å². The van der Waals surface area contributed by atoms with Gasteiger partial charge in [-0.2, -0.15) is 0 Å². The molecule has 0 N–H and O–H groups in total. The van der Waals surface area contributed by atoms with Crippen LogP contribution in [0.1, 0.15) is 25.0 Å². The van der Waals surface area contributed by atoms with E-state index >= 15 is 0 Å². The molecule has 10 aromatic rings. The van der Waals surface area contributed by atoms with Crippen molar-refractivity contribution < 1.29 is 0 Å². The van der Waals surface area contributed by atoms with Gasteiger partial charge >= 0.3 is 0 Å². The summed E-state index contributed by atoms with van der Waals surface area (Å²) in [6, 6.07) is 67.7. The third-order valence-corrected chi connectivity index (χ3v) is 11.8. The summed E-state index contributed by atoms with van der Waals surface area (Å²) >= 11 is 0. The Labute approximate surface area is 326 Å². The highest BCUT2D eigenvalue weighted by Gasteiger charge is 2.35. The van der Waals surface area contributed by atoms with E-state index in [0.29, 0.717) is 5.95 Å². The molecule has 56 heavy (non-hydrogen) atoms. The second-order valence-corrected chi connectivity index (χ2v) is 15.4. The van der Waals surface area contributed by atoms with E-state index < -0.39 is 0 Å². The Kier molecular flexibility index (Phi) is 7.20. The highest BCUT2D eigenvalue weighted by atomic mass is 15.2. The van der Waals surface area contributed by atoms with Gasteiger partial charge in [-0.25, -0.2) is 9.97 Å². The van der Waals surface area contributed by atoms with Gasteiger partial charge in [0.2, 0.25) is 5.95 Å². The van der Waals surface area contributed by atoms with Gasteiger partial charge in [0.15, 0.2) is 0 Å². The van der Waals surface area contributed by atoms with Crippen molar-refractivity contribution in [1.29, 1.82) is 0 Å². The molecule has 0 unspecified atom stereocenters. The van der Waals surface area contributed by atoms with Gasteiger partial charge in [0.25, 0.3) is 0 Å². The molecule has 1 aliphatic carbocycles. The minimum Gasteiger partial charge on any atom is -0.277 e. The summed E-state index contributed by atoms with van der Waals surface area (Å²) in [6.07, 6.45) is 0. The second kappa shape index (κ2) is 12.5. The van der Waals surface area contributed by atoms with Crippen molar-refractivity contribution in [3.8, 4) is 61.7 Å². The minimum atomic E-state index is -0.0268. The maximum atomic E-state index is 5.41. The molecule has 2 aromatic heterocycles. The van der Waals surface area contributed by atoms with Crippen LogP contribution in [0.5, 0.6) is 0 Å². The molecule has 11 rings (SSSR count). The minimum absolute atomic E-state index is 0.0268. The quantitative estimate of drug-likeness (QED) is 0.178. The number of fused-ring (bicyclic) bond motifs is 7. The van der Waals surface area contributed by atoms with Crippen molar-refractivity contribution in [2.45, 2.75) is 19.3 Å². The first kappa shape index (κ1) is 32.3. The molecule has 3 heteroatoms. The fourth-order valence-corrected chi connectivity index (χ4v) is 9.07. The van der Waals surface area contributed by atoms with Crippen LogP contribution in [0.4, 0.5) is 0 Å². The van der Waals surface area contributed by atoms with Gasteiger partial charge in [-0.15, -0.1) is 0 Å². The van der Waals surface area contributed by atoms with Crippen molar-refractivity contribution in [2.75, 3.05) is 0 Å². The molecule has 0 amide bonds. The molecule has 8 aromatic carbocycles. The average Bonchev–Trinajstić information content (AvgIpc) is 3.71. The molecule has 0 bridgehead atoms. The summed E-state index contributed by atoms with van der Waals surface area (Å²) < 4.78 is 2.29. The Balaban J connectivity index is 1.15. The van der Waals surface area contributed by atoms with Gasteiger partial charge in [0.1, 0.15) is 0 Å². The molecule has 0 spiro atoms. The molecular weight excluding hydrogens is 679 g/mol. The Hall–Kier alpha value is -7.10. The largest absolute Gasteiger partial charge is 0.277 e. The molecule has 2 heterocycles. The van der Waals surface area contributed by atoms with Gasteiger partial charge in [0.05, 0.1) is 22.2 Å². The van der Waals surface area contributed by atoms with Crippen LogP contribution in [0.2, 0.25) is 0 Å². The second-order valence-electron chi connectivity index (χ2n) is 15.4. The fourth-order valence-electron chi connectivity index (χ4n) is 9.07. The van der Waals surface area contributed by atoms with E-state index in [1.807, 2.05) is 6.07 Å². The highest BCUT2D eigenvalue weighted by Crippen LogP contribution is 2.50. The van der Waals surface area contributed by atoms with Crippen molar-refractivity contribution in [3.63, 3.8) is 0 Å². The molecule has 0 saturated heterocycles. The van der Waals surface area contributed by atoms with Crippen molar-refractivity contribution >= 4 is 32.7 Å². The van der Waals surface area contributed by atoms with Gasteiger partial charge < -0.3 is 0 Å². The third-order valence-electron chi connectivity index (χ3n) is 11.8. The van der Waals surface area contributed by atoms with E-state index in [1.165, 1.54) is 44.5 Å². The van der Waals surface area contributed by atoms with Crippen LogP contribution in [0.25, 0.3) is 94.4 Å². The van der Waals surface area contributed by atoms with E-state index in [9.17, 15) is 0 Å². The number of aromatic nitrogens is 3. The molecule has 0 radical (unpaired) electrons. The van der Waals surface area contributed by atoms with Crippen LogP contribution in [0, 0.1) is 0 Å². The molecule has 0 fully saturated rings. The first-order chi connectivity index (χ1) is 27.5. The Morgan fingerprint density at radius 1 is 0.393 bits per heavy atom. The standard InChI is InChI=1S/C53H37N3/c1-53(2)46-25-11-9-21-41(46)44-32-38(27-29-47(44)53)36-19-13-20-39(31-36)40-23-14-24-42-45-33-37(34-15-5-3-6-16-34)28-30-49(45)56(51(40)42)52-54-48-26-12-10-22-43(48)50(55-52)35-17-7-4-8-18-35/h3-33H,1-2H3. The lowest BCUT2D eigenvalue weighted by Gasteiger charge is -2.21. The molecule has 0 aliphatic heterocycles. The summed E-state index contributed by atoms with van der Waals surface area (Å²) in [6.45, 7) is 4.67. The smallest absolute Gasteiger partial charge is 0.235 e. The monoisotopic (exact) mass is 715 g/mol. The molecule has 3 nitrogen and oxygen atoms in total. The number of nitrogens with zero attached hydrogens (tertiary/aromatic N) is 3. The number of benzene rings is 8.